The van der Waals surface area contributed by atoms with Gasteiger partial charge in [0.25, 0.3) is 0 Å². The first-order chi connectivity index (χ1) is 11.1. The molecule has 1 heterocycles. The average molecular weight is 333 g/mol. The van der Waals surface area contributed by atoms with Crippen LogP contribution in [0.5, 0.6) is 5.75 Å². The van der Waals surface area contributed by atoms with Crippen LogP contribution < -0.4 is 15.4 Å². The van der Waals surface area contributed by atoms with Gasteiger partial charge in [-0.3, -0.25) is 0 Å². The van der Waals surface area contributed by atoms with Crippen LogP contribution in [0.25, 0.3) is 0 Å². The molecule has 0 aliphatic heterocycles. The third-order valence-electron chi connectivity index (χ3n) is 4.31. The zero-order valence-electron chi connectivity index (χ0n) is 13.4. The van der Waals surface area contributed by atoms with Gasteiger partial charge in [-0.05, 0) is 31.0 Å². The minimum atomic E-state index is 0.312. The van der Waals surface area contributed by atoms with Gasteiger partial charge in [0.15, 0.2) is 0 Å². The summed E-state index contributed by atoms with van der Waals surface area (Å²) in [5.41, 5.74) is 7.96. The van der Waals surface area contributed by atoms with Crippen LogP contribution in [-0.4, -0.2) is 30.2 Å². The Balaban J connectivity index is 1.77. The van der Waals surface area contributed by atoms with E-state index in [4.69, 9.17) is 22.1 Å². The Morgan fingerprint density at radius 1 is 1.30 bits per heavy atom. The monoisotopic (exact) mass is 332 g/mol. The third kappa shape index (κ3) is 3.57. The van der Waals surface area contributed by atoms with Crippen LogP contribution in [0.2, 0.25) is 5.02 Å². The second-order valence-electron chi connectivity index (χ2n) is 6.04. The largest absolute Gasteiger partial charge is 0.496 e. The summed E-state index contributed by atoms with van der Waals surface area (Å²) in [6.07, 6.45) is 3.63. The number of methoxy groups -OCH3 is 1. The van der Waals surface area contributed by atoms with Crippen LogP contribution in [-0.2, 0) is 6.54 Å². The zero-order chi connectivity index (χ0) is 16.4. The summed E-state index contributed by atoms with van der Waals surface area (Å²) in [5.74, 6) is 2.17. The lowest BCUT2D eigenvalue weighted by molar-refractivity contribution is 0.345. The van der Waals surface area contributed by atoms with Gasteiger partial charge < -0.3 is 15.4 Å². The molecule has 2 aromatic rings. The maximum atomic E-state index is 6.10. The summed E-state index contributed by atoms with van der Waals surface area (Å²) in [4.78, 5) is 10.8. The molecule has 1 fully saturated rings. The van der Waals surface area contributed by atoms with E-state index < -0.39 is 0 Å². The minimum absolute atomic E-state index is 0.312. The van der Waals surface area contributed by atoms with Crippen molar-refractivity contribution in [3.8, 4) is 5.75 Å². The number of anilines is 1. The van der Waals surface area contributed by atoms with E-state index in [0.717, 1.165) is 35.7 Å². The molecule has 0 radical (unpaired) electrons. The summed E-state index contributed by atoms with van der Waals surface area (Å²) in [6.45, 7) is 0.657. The Labute approximate surface area is 141 Å². The number of nitrogens with two attached hydrogens (primary N) is 1. The van der Waals surface area contributed by atoms with E-state index in [-0.39, 0.29) is 0 Å². The van der Waals surface area contributed by atoms with Gasteiger partial charge >= 0.3 is 0 Å². The van der Waals surface area contributed by atoms with Crippen LogP contribution in [0.1, 0.15) is 30.0 Å². The summed E-state index contributed by atoms with van der Waals surface area (Å²) < 4.78 is 5.41. The molecule has 2 N–H and O–H groups in total. The molecule has 0 unspecified atom stereocenters. The van der Waals surface area contributed by atoms with Crippen molar-refractivity contribution in [3.63, 3.8) is 0 Å². The fraction of sp³-hybridized carbons (Fsp3) is 0.412. The predicted octanol–water partition coefficient (Wildman–Crippen LogP) is 2.98. The molecule has 6 heteroatoms. The molecule has 3 rings (SSSR count). The molecule has 1 aliphatic rings. The van der Waals surface area contributed by atoms with E-state index in [1.165, 1.54) is 0 Å². The van der Waals surface area contributed by atoms with E-state index in [0.29, 0.717) is 23.5 Å². The van der Waals surface area contributed by atoms with Crippen LogP contribution in [0.15, 0.2) is 30.6 Å². The van der Waals surface area contributed by atoms with Crippen LogP contribution in [0.3, 0.4) is 0 Å². The summed E-state index contributed by atoms with van der Waals surface area (Å²) in [7, 11) is 3.66. The Morgan fingerprint density at radius 3 is 2.78 bits per heavy atom. The second kappa shape index (κ2) is 6.72. The third-order valence-corrected chi connectivity index (χ3v) is 4.54. The molecule has 23 heavy (non-hydrogen) atoms. The van der Waals surface area contributed by atoms with Gasteiger partial charge in [0.2, 0.25) is 0 Å². The Morgan fingerprint density at radius 2 is 2.09 bits per heavy atom. The van der Waals surface area contributed by atoms with Gasteiger partial charge in [-0.25, -0.2) is 9.97 Å². The van der Waals surface area contributed by atoms with Gasteiger partial charge in [0, 0.05) is 47.9 Å². The van der Waals surface area contributed by atoms with Gasteiger partial charge in [-0.1, -0.05) is 11.6 Å². The number of rotatable bonds is 5. The lowest BCUT2D eigenvalue weighted by atomic mass is 9.78. The summed E-state index contributed by atoms with van der Waals surface area (Å²) >= 11 is 6.10. The van der Waals surface area contributed by atoms with E-state index in [1.807, 2.05) is 31.3 Å². The molecule has 0 amide bonds. The average Bonchev–Trinajstić information content (AvgIpc) is 2.52. The highest BCUT2D eigenvalue weighted by atomic mass is 35.5. The SMILES string of the molecule is COc1ccc(Cl)cc1CN(C)c1cc(C2CC(N)C2)ncn1. The maximum absolute atomic E-state index is 6.10. The molecule has 0 bridgehead atoms. The van der Waals surface area contributed by atoms with Crippen LogP contribution in [0.4, 0.5) is 5.82 Å². The normalized spacial score (nSPS) is 20.0. The molecule has 0 saturated heterocycles. The van der Waals surface area contributed by atoms with Crippen molar-refractivity contribution in [2.45, 2.75) is 31.3 Å². The highest BCUT2D eigenvalue weighted by molar-refractivity contribution is 6.30. The molecule has 0 atom stereocenters. The Hall–Kier alpha value is -1.85. The van der Waals surface area contributed by atoms with Crippen molar-refractivity contribution in [1.29, 1.82) is 0 Å². The number of hydrogen-bond acceptors (Lipinski definition) is 5. The van der Waals surface area contributed by atoms with E-state index >= 15 is 0 Å². The highest BCUT2D eigenvalue weighted by Crippen LogP contribution is 2.35. The standard InChI is InChI=1S/C17H21ClN4O/c1-22(9-12-5-13(18)3-4-16(12)23-2)17-8-15(20-10-21-17)11-6-14(19)7-11/h3-5,8,10-11,14H,6-7,9,19H2,1-2H3. The van der Waals surface area contributed by atoms with Crippen molar-refractivity contribution in [3.05, 3.63) is 46.9 Å². The number of halogens is 1. The lowest BCUT2D eigenvalue weighted by Gasteiger charge is -2.32. The Bertz CT molecular complexity index is 688. The molecular formula is C17H21ClN4O. The van der Waals surface area contributed by atoms with Crippen LogP contribution in [0, 0.1) is 0 Å². The molecule has 1 aromatic carbocycles. The molecule has 0 spiro atoms. The van der Waals surface area contributed by atoms with E-state index in [2.05, 4.69) is 14.9 Å². The predicted molar refractivity (Wildman–Crippen MR) is 92.1 cm³/mol. The lowest BCUT2D eigenvalue weighted by Crippen LogP contribution is -2.35. The molecule has 1 saturated carbocycles. The quantitative estimate of drug-likeness (QED) is 0.912. The fourth-order valence-electron chi connectivity index (χ4n) is 2.90. The number of ether oxygens (including phenoxy) is 1. The molecule has 122 valence electrons. The van der Waals surface area contributed by atoms with Crippen molar-refractivity contribution in [1.82, 2.24) is 9.97 Å². The molecule has 1 aliphatic carbocycles. The van der Waals surface area contributed by atoms with Crippen LogP contribution >= 0.6 is 11.6 Å². The smallest absolute Gasteiger partial charge is 0.132 e. The second-order valence-corrected chi connectivity index (χ2v) is 6.48. The van der Waals surface area contributed by atoms with Crippen molar-refractivity contribution < 1.29 is 4.74 Å². The van der Waals surface area contributed by atoms with Gasteiger partial charge in [-0.15, -0.1) is 0 Å². The zero-order valence-corrected chi connectivity index (χ0v) is 14.1. The van der Waals surface area contributed by atoms with Crippen molar-refractivity contribution in [2.24, 2.45) is 5.73 Å². The first-order valence-electron chi connectivity index (χ1n) is 7.68. The van der Waals surface area contributed by atoms with E-state index in [1.54, 1.807) is 13.4 Å². The van der Waals surface area contributed by atoms with E-state index in [9.17, 15) is 0 Å². The summed E-state index contributed by atoms with van der Waals surface area (Å²) in [5, 5.41) is 0.695. The number of hydrogen-bond donors (Lipinski definition) is 1. The number of aromatic nitrogens is 2. The molecular weight excluding hydrogens is 312 g/mol. The van der Waals surface area contributed by atoms with Gasteiger partial charge in [0.05, 0.1) is 7.11 Å². The Kier molecular flexibility index (Phi) is 4.68. The highest BCUT2D eigenvalue weighted by Gasteiger charge is 2.28. The number of nitrogens with zero attached hydrogens (tertiary/aromatic N) is 3. The van der Waals surface area contributed by atoms with Gasteiger partial charge in [0.1, 0.15) is 17.9 Å². The number of benzene rings is 1. The van der Waals surface area contributed by atoms with Crippen molar-refractivity contribution >= 4 is 17.4 Å². The van der Waals surface area contributed by atoms with Gasteiger partial charge in [-0.2, -0.15) is 0 Å². The molecule has 5 nitrogen and oxygen atoms in total. The maximum Gasteiger partial charge on any atom is 0.132 e. The van der Waals surface area contributed by atoms with Crippen molar-refractivity contribution in [2.75, 3.05) is 19.1 Å². The first-order valence-corrected chi connectivity index (χ1v) is 8.05. The topological polar surface area (TPSA) is 64.3 Å². The minimum Gasteiger partial charge on any atom is -0.496 e. The fourth-order valence-corrected chi connectivity index (χ4v) is 3.10. The summed E-state index contributed by atoms with van der Waals surface area (Å²) in [6, 6.07) is 7.99. The first kappa shape index (κ1) is 16.0. The molecule has 1 aromatic heterocycles.